The first-order chi connectivity index (χ1) is 15.4. The van der Waals surface area contributed by atoms with Crippen LogP contribution in [0.3, 0.4) is 0 Å². The lowest BCUT2D eigenvalue weighted by molar-refractivity contribution is -0.165. The highest BCUT2D eigenvalue weighted by Gasteiger charge is 2.50. The van der Waals surface area contributed by atoms with Crippen LogP contribution in [-0.2, 0) is 23.8 Å². The Labute approximate surface area is 183 Å². The van der Waals surface area contributed by atoms with Gasteiger partial charge in [0.2, 0.25) is 0 Å². The number of rotatable bonds is 5. The van der Waals surface area contributed by atoms with Crippen molar-refractivity contribution in [3.63, 3.8) is 0 Å². The van der Waals surface area contributed by atoms with Crippen molar-refractivity contribution < 1.29 is 23.8 Å². The Bertz CT molecular complexity index is 1220. The molecular formula is C22H21N5O5. The third-order valence-electron chi connectivity index (χ3n) is 4.99. The van der Waals surface area contributed by atoms with Gasteiger partial charge in [-0.1, -0.05) is 24.1 Å². The number of aryl methyl sites for hydroxylation is 1. The number of carbonyl (C=O) groups is 2. The number of hydrogen-bond donors (Lipinski definition) is 1. The zero-order valence-corrected chi connectivity index (χ0v) is 17.7. The largest absolute Gasteiger partial charge is 0.455 e. The molecule has 0 unspecified atom stereocenters. The summed E-state index contributed by atoms with van der Waals surface area (Å²) in [6.07, 6.45) is 4.67. The number of fused-ring (bicyclic) bond motifs is 1. The number of nitrogens with one attached hydrogen (secondary N) is 1. The molecule has 2 aromatic heterocycles. The second-order valence-electron chi connectivity index (χ2n) is 7.25. The zero-order chi connectivity index (χ0) is 22.8. The van der Waals surface area contributed by atoms with E-state index in [2.05, 4.69) is 26.2 Å². The molecule has 0 aliphatic carbocycles. The van der Waals surface area contributed by atoms with Crippen molar-refractivity contribution in [2.24, 2.45) is 0 Å². The molecule has 0 amide bonds. The van der Waals surface area contributed by atoms with Crippen molar-refractivity contribution in [2.75, 3.05) is 5.32 Å². The molecule has 10 nitrogen and oxygen atoms in total. The Kier molecular flexibility index (Phi) is 5.75. The van der Waals surface area contributed by atoms with Crippen LogP contribution in [0, 0.1) is 19.3 Å². The average molecular weight is 435 g/mol. The van der Waals surface area contributed by atoms with Gasteiger partial charge < -0.3 is 19.5 Å². The summed E-state index contributed by atoms with van der Waals surface area (Å²) in [6, 6.07) is 7.76. The minimum absolute atomic E-state index is 0.428. The first-order valence-corrected chi connectivity index (χ1v) is 9.85. The lowest BCUT2D eigenvalue weighted by atomic mass is 10.1. The van der Waals surface area contributed by atoms with Crippen LogP contribution in [0.1, 0.15) is 25.6 Å². The maximum atomic E-state index is 11.8. The number of hydrogen-bond acceptors (Lipinski definition) is 9. The minimum atomic E-state index is -0.988. The van der Waals surface area contributed by atoms with Gasteiger partial charge >= 0.3 is 11.9 Å². The summed E-state index contributed by atoms with van der Waals surface area (Å²) in [5.74, 6) is 1.80. The van der Waals surface area contributed by atoms with Crippen LogP contribution < -0.4 is 5.32 Å². The molecule has 1 aromatic carbocycles. The van der Waals surface area contributed by atoms with Crippen molar-refractivity contribution in [2.45, 2.75) is 45.3 Å². The monoisotopic (exact) mass is 435 g/mol. The van der Waals surface area contributed by atoms with Gasteiger partial charge in [0.25, 0.3) is 0 Å². The number of terminal acetylenes is 1. The molecule has 1 aliphatic heterocycles. The molecule has 0 bridgehead atoms. The van der Waals surface area contributed by atoms with E-state index in [1.807, 2.05) is 31.2 Å². The summed E-state index contributed by atoms with van der Waals surface area (Å²) in [5, 5.41) is 3.26. The van der Waals surface area contributed by atoms with Crippen LogP contribution in [-0.4, -0.2) is 49.8 Å². The van der Waals surface area contributed by atoms with E-state index in [-0.39, 0.29) is 0 Å². The third-order valence-corrected chi connectivity index (χ3v) is 4.99. The predicted octanol–water partition coefficient (Wildman–Crippen LogP) is 2.27. The van der Waals surface area contributed by atoms with Gasteiger partial charge in [0.1, 0.15) is 6.33 Å². The second kappa shape index (κ2) is 8.64. The molecule has 0 saturated carbocycles. The summed E-state index contributed by atoms with van der Waals surface area (Å²) in [5.41, 5.74) is 2.82. The number of nitrogens with zero attached hydrogens (tertiary/aromatic N) is 4. The van der Waals surface area contributed by atoms with E-state index >= 15 is 0 Å². The predicted molar refractivity (Wildman–Crippen MR) is 114 cm³/mol. The Morgan fingerprint density at radius 2 is 1.84 bits per heavy atom. The maximum Gasteiger partial charge on any atom is 0.303 e. The van der Waals surface area contributed by atoms with Crippen molar-refractivity contribution in [1.29, 1.82) is 0 Å². The van der Waals surface area contributed by atoms with E-state index in [1.165, 1.54) is 26.5 Å². The molecule has 1 saturated heterocycles. The van der Waals surface area contributed by atoms with Gasteiger partial charge in [-0.15, -0.1) is 6.42 Å². The number of anilines is 2. The molecule has 32 heavy (non-hydrogen) atoms. The number of imidazole rings is 1. The second-order valence-corrected chi connectivity index (χ2v) is 7.25. The van der Waals surface area contributed by atoms with E-state index in [0.29, 0.717) is 17.0 Å². The number of para-hydroxylation sites is 1. The normalized spacial score (nSPS) is 22.3. The standard InChI is InChI=1S/C22H21N5O5/c1-5-16-18(30-13(3)28)19(31-14(4)29)22(32-16)27-11-25-17-20(23-10-24-21(17)27)26-15-9-7-6-8-12(15)2/h1,6-11,16,18-19,22H,2-4H3,(H,23,24,26)/t16-,18+,19-,22-/m1/s1. The number of benzene rings is 1. The Morgan fingerprint density at radius 3 is 2.53 bits per heavy atom. The minimum Gasteiger partial charge on any atom is -0.455 e. The Hall–Kier alpha value is -3.97. The quantitative estimate of drug-likeness (QED) is 0.476. The number of aromatic nitrogens is 4. The maximum absolute atomic E-state index is 11.8. The molecule has 164 valence electrons. The van der Waals surface area contributed by atoms with Crippen molar-refractivity contribution in [3.05, 3.63) is 42.5 Å². The van der Waals surface area contributed by atoms with Crippen molar-refractivity contribution >= 4 is 34.6 Å². The van der Waals surface area contributed by atoms with E-state index < -0.39 is 36.5 Å². The van der Waals surface area contributed by atoms with E-state index in [9.17, 15) is 9.59 Å². The van der Waals surface area contributed by atoms with Gasteiger partial charge in [-0.05, 0) is 18.6 Å². The Morgan fingerprint density at radius 1 is 1.12 bits per heavy atom. The summed E-state index contributed by atoms with van der Waals surface area (Å²) in [4.78, 5) is 36.4. The van der Waals surface area contributed by atoms with Gasteiger partial charge in [0.05, 0.1) is 6.33 Å². The fourth-order valence-electron chi connectivity index (χ4n) is 3.61. The van der Waals surface area contributed by atoms with Gasteiger partial charge in [-0.25, -0.2) is 15.0 Å². The SMILES string of the molecule is C#C[C@H]1O[C@@H](n2cnc3c(Nc4ccccc4C)ncnc32)[C@H](OC(C)=O)[C@H]1OC(C)=O. The molecule has 4 atom stereocenters. The van der Waals surface area contributed by atoms with Crippen LogP contribution in [0.4, 0.5) is 11.5 Å². The van der Waals surface area contributed by atoms with Gasteiger partial charge in [0.15, 0.2) is 41.5 Å². The zero-order valence-electron chi connectivity index (χ0n) is 17.7. The number of carbonyl (C=O) groups excluding carboxylic acids is 2. The van der Waals surface area contributed by atoms with E-state index in [1.54, 1.807) is 4.57 Å². The van der Waals surface area contributed by atoms with Crippen LogP contribution in [0.25, 0.3) is 11.2 Å². The van der Waals surface area contributed by atoms with E-state index in [0.717, 1.165) is 11.3 Å². The highest BCUT2D eigenvalue weighted by molar-refractivity contribution is 5.85. The molecule has 0 radical (unpaired) electrons. The third kappa shape index (κ3) is 3.98. The molecule has 10 heteroatoms. The fourth-order valence-corrected chi connectivity index (χ4v) is 3.61. The molecule has 3 heterocycles. The molecular weight excluding hydrogens is 414 g/mol. The summed E-state index contributed by atoms with van der Waals surface area (Å²) in [7, 11) is 0. The first-order valence-electron chi connectivity index (χ1n) is 9.85. The number of esters is 2. The van der Waals surface area contributed by atoms with Crippen LogP contribution >= 0.6 is 0 Å². The molecule has 1 N–H and O–H groups in total. The topological polar surface area (TPSA) is 117 Å². The summed E-state index contributed by atoms with van der Waals surface area (Å²) in [6.45, 7) is 4.48. The fraction of sp³-hybridized carbons (Fsp3) is 0.318. The molecule has 1 fully saturated rings. The first kappa shape index (κ1) is 21.3. The molecule has 0 spiro atoms. The summed E-state index contributed by atoms with van der Waals surface area (Å²) >= 11 is 0. The lowest BCUT2D eigenvalue weighted by Crippen LogP contribution is -2.38. The molecule has 3 aromatic rings. The highest BCUT2D eigenvalue weighted by Crippen LogP contribution is 2.36. The van der Waals surface area contributed by atoms with Crippen LogP contribution in [0.2, 0.25) is 0 Å². The summed E-state index contributed by atoms with van der Waals surface area (Å²) < 4.78 is 18.3. The van der Waals surface area contributed by atoms with E-state index in [4.69, 9.17) is 20.6 Å². The smallest absolute Gasteiger partial charge is 0.303 e. The van der Waals surface area contributed by atoms with Crippen LogP contribution in [0.5, 0.6) is 0 Å². The van der Waals surface area contributed by atoms with Gasteiger partial charge in [-0.3, -0.25) is 14.2 Å². The van der Waals surface area contributed by atoms with Crippen molar-refractivity contribution in [3.8, 4) is 12.3 Å². The number of ether oxygens (including phenoxy) is 3. The molecule has 4 rings (SSSR count). The van der Waals surface area contributed by atoms with Gasteiger partial charge in [-0.2, -0.15) is 0 Å². The average Bonchev–Trinajstić information content (AvgIpc) is 3.31. The van der Waals surface area contributed by atoms with Crippen molar-refractivity contribution in [1.82, 2.24) is 19.5 Å². The van der Waals surface area contributed by atoms with Crippen LogP contribution in [0.15, 0.2) is 36.9 Å². The molecule has 1 aliphatic rings. The van der Waals surface area contributed by atoms with Gasteiger partial charge in [0, 0.05) is 19.5 Å². The lowest BCUT2D eigenvalue weighted by Gasteiger charge is -2.23. The Balaban J connectivity index is 1.74. The highest BCUT2D eigenvalue weighted by atomic mass is 16.6.